The number of aromatic nitrogens is 3. The smallest absolute Gasteiger partial charge is 0.254 e. The molecular formula is C30H39FN6O3Si. The molecule has 2 aromatic heterocycles. The zero-order chi connectivity index (χ0) is 29.1. The highest BCUT2D eigenvalue weighted by atomic mass is 28.1. The molecule has 6 rings (SSSR count). The van der Waals surface area contributed by atoms with Crippen molar-refractivity contribution in [2.75, 3.05) is 44.8 Å². The Morgan fingerprint density at radius 2 is 2.07 bits per heavy atom. The summed E-state index contributed by atoms with van der Waals surface area (Å²) in [6, 6.07) is 11.8. The summed E-state index contributed by atoms with van der Waals surface area (Å²) in [4.78, 5) is 22.5. The number of aryl methyl sites for hydroxylation is 1. The molecule has 3 N–H and O–H groups in total. The van der Waals surface area contributed by atoms with Crippen molar-refractivity contribution in [1.29, 1.82) is 0 Å². The Hall–Kier alpha value is -3.41. The van der Waals surface area contributed by atoms with Crippen molar-refractivity contribution in [3.8, 4) is 17.3 Å². The number of imidazole rings is 1. The number of benzene rings is 2. The number of carbonyl (C=O) groups is 1. The number of nitrogens with zero attached hydrogens (tertiary/aromatic N) is 5. The first-order valence-electron chi connectivity index (χ1n) is 14.4. The highest BCUT2D eigenvalue weighted by Crippen LogP contribution is 2.44. The highest BCUT2D eigenvalue weighted by molar-refractivity contribution is 6.16. The van der Waals surface area contributed by atoms with E-state index < -0.39 is 6.17 Å². The van der Waals surface area contributed by atoms with Crippen LogP contribution >= 0.6 is 0 Å². The molecule has 218 valence electrons. The number of nitrogens with two attached hydrogens (primary N) is 1. The summed E-state index contributed by atoms with van der Waals surface area (Å²) in [5.74, 6) is 1.07. The maximum absolute atomic E-state index is 14.2. The van der Waals surface area contributed by atoms with E-state index in [1.807, 2.05) is 11.6 Å². The van der Waals surface area contributed by atoms with Crippen LogP contribution in [0.25, 0.3) is 33.5 Å². The summed E-state index contributed by atoms with van der Waals surface area (Å²) in [6.07, 6.45) is 0.840. The molecule has 0 spiro atoms. The minimum Gasteiger partial charge on any atom is -0.494 e. The molecule has 41 heavy (non-hydrogen) atoms. The van der Waals surface area contributed by atoms with Crippen LogP contribution in [-0.2, 0) is 12.2 Å². The van der Waals surface area contributed by atoms with Crippen LogP contribution in [0.2, 0.25) is 0 Å². The van der Waals surface area contributed by atoms with Gasteiger partial charge in [0.25, 0.3) is 5.91 Å². The molecule has 4 heterocycles. The van der Waals surface area contributed by atoms with Crippen molar-refractivity contribution in [3.63, 3.8) is 0 Å². The van der Waals surface area contributed by atoms with Crippen LogP contribution in [-0.4, -0.2) is 92.4 Å². The SMILES string of the molecule is CC[C@]1([SiH3])CN(CCCO)c2cccc3cc(-c4nc5cc(C(=O)N6C[C@H](N)C[C@@H](F)C6)cc(OC)c5n4C)n1c23. The number of hydrogen-bond donors (Lipinski definition) is 2. The summed E-state index contributed by atoms with van der Waals surface area (Å²) in [6.45, 7) is 4.46. The number of para-hydroxylation sites is 1. The Morgan fingerprint density at radius 3 is 2.78 bits per heavy atom. The van der Waals surface area contributed by atoms with Crippen LogP contribution in [0.3, 0.4) is 0 Å². The fourth-order valence-corrected chi connectivity index (χ4v) is 7.61. The lowest BCUT2D eigenvalue weighted by atomic mass is 10.0. The van der Waals surface area contributed by atoms with Crippen molar-refractivity contribution >= 4 is 43.8 Å². The number of methoxy groups -OCH3 is 1. The first-order valence-corrected chi connectivity index (χ1v) is 15.4. The molecule has 0 bridgehead atoms. The van der Waals surface area contributed by atoms with Gasteiger partial charge in [0.1, 0.15) is 17.4 Å². The van der Waals surface area contributed by atoms with Crippen LogP contribution in [0.5, 0.6) is 5.75 Å². The van der Waals surface area contributed by atoms with Crippen LogP contribution in [0, 0.1) is 0 Å². The summed E-state index contributed by atoms with van der Waals surface area (Å²) < 4.78 is 24.6. The second-order valence-corrected chi connectivity index (χ2v) is 13.6. The van der Waals surface area contributed by atoms with Crippen LogP contribution in [0.15, 0.2) is 36.4 Å². The predicted octanol–water partition coefficient (Wildman–Crippen LogP) is 2.35. The van der Waals surface area contributed by atoms with E-state index >= 15 is 0 Å². The molecular weight excluding hydrogens is 539 g/mol. The maximum atomic E-state index is 14.2. The van der Waals surface area contributed by atoms with E-state index in [-0.39, 0.29) is 36.7 Å². The van der Waals surface area contributed by atoms with Gasteiger partial charge in [-0.1, -0.05) is 19.1 Å². The third kappa shape index (κ3) is 4.50. The van der Waals surface area contributed by atoms with Crippen LogP contribution in [0.4, 0.5) is 10.1 Å². The zero-order valence-electron chi connectivity index (χ0n) is 24.2. The average Bonchev–Trinajstić information content (AvgIpc) is 3.51. The summed E-state index contributed by atoms with van der Waals surface area (Å²) >= 11 is 0. The second kappa shape index (κ2) is 10.5. The van der Waals surface area contributed by atoms with Gasteiger partial charge in [-0.2, -0.15) is 0 Å². The van der Waals surface area contributed by atoms with Crippen molar-refractivity contribution in [2.24, 2.45) is 12.8 Å². The number of anilines is 1. The van der Waals surface area contributed by atoms with Gasteiger partial charge < -0.3 is 34.5 Å². The van der Waals surface area contributed by atoms with Gasteiger partial charge in [-0.05, 0) is 43.5 Å². The van der Waals surface area contributed by atoms with Gasteiger partial charge in [-0.15, -0.1) is 0 Å². The standard InChI is InChI=1S/C30H39FN6O3Si/c1-4-30(41)17-35(9-6-10-38)23-8-5-7-18-12-24(37(30)26(18)23)28-33-22-11-19(13-25(40-3)27(22)34(28)2)29(39)36-15-20(31)14-21(32)16-36/h5,7-8,11-13,20-21,38H,4,6,9-10,14-17,32H2,1-3,41H3/t20-,21-,30+/m1/s1. The molecule has 1 fully saturated rings. The third-order valence-electron chi connectivity index (χ3n) is 8.91. The van der Waals surface area contributed by atoms with E-state index in [4.69, 9.17) is 15.5 Å². The number of carbonyl (C=O) groups excluding carboxylic acids is 1. The van der Waals surface area contributed by atoms with E-state index in [2.05, 4.69) is 40.7 Å². The molecule has 1 amide bonds. The Labute approximate surface area is 242 Å². The molecule has 3 atom stereocenters. The lowest BCUT2D eigenvalue weighted by Gasteiger charge is -2.44. The molecule has 4 aromatic rings. The number of aliphatic hydroxyl groups excluding tert-OH is 1. The number of amides is 1. The fourth-order valence-electron chi connectivity index (χ4n) is 6.76. The van der Waals surface area contributed by atoms with Crippen molar-refractivity contribution in [3.05, 3.63) is 42.0 Å². The van der Waals surface area contributed by atoms with Crippen molar-refractivity contribution < 1.29 is 19.0 Å². The van der Waals surface area contributed by atoms with Gasteiger partial charge in [0, 0.05) is 65.7 Å². The number of aliphatic hydroxyl groups is 1. The number of ether oxygens (including phenoxy) is 1. The molecule has 2 aliphatic heterocycles. The highest BCUT2D eigenvalue weighted by Gasteiger charge is 2.37. The first-order chi connectivity index (χ1) is 19.7. The molecule has 2 aromatic carbocycles. The van der Waals surface area contributed by atoms with Gasteiger partial charge in [0.05, 0.1) is 36.1 Å². The van der Waals surface area contributed by atoms with Gasteiger partial charge in [-0.3, -0.25) is 4.79 Å². The lowest BCUT2D eigenvalue weighted by molar-refractivity contribution is 0.0606. The normalized spacial score (nSPS) is 22.7. The number of fused-ring (bicyclic) bond motifs is 1. The quantitative estimate of drug-likeness (QED) is 0.327. The first kappa shape index (κ1) is 27.7. The third-order valence-corrected chi connectivity index (χ3v) is 10.4. The Bertz CT molecular complexity index is 1630. The topological polar surface area (TPSA) is 102 Å². The molecule has 9 nitrogen and oxygen atoms in total. The molecule has 11 heteroatoms. The van der Waals surface area contributed by atoms with Gasteiger partial charge in [-0.25, -0.2) is 9.37 Å². The predicted molar refractivity (Wildman–Crippen MR) is 164 cm³/mol. The van der Waals surface area contributed by atoms with E-state index in [1.165, 1.54) is 16.1 Å². The van der Waals surface area contributed by atoms with E-state index in [1.54, 1.807) is 19.2 Å². The Morgan fingerprint density at radius 1 is 1.27 bits per heavy atom. The molecule has 0 unspecified atom stereocenters. The Kier molecular flexibility index (Phi) is 7.07. The molecule has 0 saturated carbocycles. The molecule has 2 aliphatic rings. The van der Waals surface area contributed by atoms with Gasteiger partial charge >= 0.3 is 0 Å². The van der Waals surface area contributed by atoms with Crippen LogP contribution in [0.1, 0.15) is 36.5 Å². The minimum absolute atomic E-state index is 0.0393. The lowest BCUT2D eigenvalue weighted by Crippen LogP contribution is -2.50. The van der Waals surface area contributed by atoms with E-state index in [0.29, 0.717) is 23.4 Å². The fraction of sp³-hybridized carbons (Fsp3) is 0.467. The number of piperidine rings is 1. The van der Waals surface area contributed by atoms with Gasteiger partial charge in [0.2, 0.25) is 0 Å². The number of likely N-dealkylation sites (tertiary alicyclic amines) is 1. The van der Waals surface area contributed by atoms with Crippen molar-refractivity contribution in [1.82, 2.24) is 19.0 Å². The minimum atomic E-state index is -1.13. The molecule has 0 radical (unpaired) electrons. The van der Waals surface area contributed by atoms with Gasteiger partial charge in [0.15, 0.2) is 5.82 Å². The summed E-state index contributed by atoms with van der Waals surface area (Å²) in [7, 11) is 4.49. The number of alkyl halides is 1. The summed E-state index contributed by atoms with van der Waals surface area (Å²) in [5.41, 5.74) is 11.3. The largest absolute Gasteiger partial charge is 0.494 e. The van der Waals surface area contributed by atoms with Crippen LogP contribution < -0.4 is 15.4 Å². The van der Waals surface area contributed by atoms with E-state index in [9.17, 15) is 14.3 Å². The maximum Gasteiger partial charge on any atom is 0.254 e. The zero-order valence-corrected chi connectivity index (χ0v) is 26.2. The average molecular weight is 579 g/mol. The molecule has 1 saturated heterocycles. The number of rotatable bonds is 7. The monoisotopic (exact) mass is 578 g/mol. The number of halogens is 1. The van der Waals surface area contributed by atoms with E-state index in [0.717, 1.165) is 58.6 Å². The summed E-state index contributed by atoms with van der Waals surface area (Å²) in [5, 5.41) is 10.6. The number of hydrogen-bond acceptors (Lipinski definition) is 6. The Balaban J connectivity index is 1.51. The second-order valence-electron chi connectivity index (χ2n) is 11.8. The molecule has 0 aliphatic carbocycles. The van der Waals surface area contributed by atoms with Crippen molar-refractivity contribution in [2.45, 2.75) is 43.6 Å².